The predicted octanol–water partition coefficient (Wildman–Crippen LogP) is 2.71. The molecular formula is C14H18ClNO. The van der Waals surface area contributed by atoms with Gasteiger partial charge in [0.2, 0.25) is 5.91 Å². The smallest absolute Gasteiger partial charge is 0.230 e. The van der Waals surface area contributed by atoms with Crippen molar-refractivity contribution in [2.45, 2.75) is 25.2 Å². The van der Waals surface area contributed by atoms with E-state index >= 15 is 0 Å². The largest absolute Gasteiger partial charge is 0.355 e. The maximum atomic E-state index is 12.2. The van der Waals surface area contributed by atoms with Gasteiger partial charge in [-0.25, -0.2) is 0 Å². The zero-order chi connectivity index (χ0) is 12.3. The second kappa shape index (κ2) is 5.09. The minimum Gasteiger partial charge on any atom is -0.355 e. The second-order valence-corrected chi connectivity index (χ2v) is 5.23. The minimum absolute atomic E-state index is 0.153. The Balaban J connectivity index is 2.00. The number of nitrogens with one attached hydrogen (secondary N) is 1. The molecule has 0 bridgehead atoms. The molecule has 1 aromatic carbocycles. The molecule has 17 heavy (non-hydrogen) atoms. The number of carbonyl (C=O) groups is 1. The number of carbonyl (C=O) groups excluding carboxylic acids is 1. The second-order valence-electron chi connectivity index (χ2n) is 4.92. The van der Waals surface area contributed by atoms with Crippen LogP contribution in [0, 0.1) is 5.92 Å². The Bertz CT molecular complexity index is 386. The zero-order valence-electron chi connectivity index (χ0n) is 10.1. The minimum atomic E-state index is -0.257. The summed E-state index contributed by atoms with van der Waals surface area (Å²) in [5.41, 5.74) is 0.879. The topological polar surface area (TPSA) is 29.1 Å². The van der Waals surface area contributed by atoms with Crippen molar-refractivity contribution >= 4 is 17.5 Å². The van der Waals surface area contributed by atoms with Crippen molar-refractivity contribution in [1.29, 1.82) is 0 Å². The lowest BCUT2D eigenvalue weighted by molar-refractivity contribution is -0.123. The molecule has 2 rings (SSSR count). The average Bonchev–Trinajstić information content (AvgIpc) is 3.18. The Morgan fingerprint density at radius 2 is 2.06 bits per heavy atom. The van der Waals surface area contributed by atoms with E-state index in [4.69, 9.17) is 11.6 Å². The normalized spacial score (nSPS) is 18.5. The summed E-state index contributed by atoms with van der Waals surface area (Å²) in [7, 11) is 0. The standard InChI is InChI=1S/C14H18ClNO/c1-11(9-15)10-16-13(17)14(7-8-14)12-5-3-2-4-6-12/h2-6,11H,7-10H2,1H3,(H,16,17). The van der Waals surface area contributed by atoms with Crippen LogP contribution in [-0.4, -0.2) is 18.3 Å². The van der Waals surface area contributed by atoms with E-state index in [1.165, 1.54) is 0 Å². The molecule has 2 nitrogen and oxygen atoms in total. The van der Waals surface area contributed by atoms with Gasteiger partial charge >= 0.3 is 0 Å². The number of hydrogen-bond donors (Lipinski definition) is 1. The highest BCUT2D eigenvalue weighted by atomic mass is 35.5. The van der Waals surface area contributed by atoms with Gasteiger partial charge in [-0.3, -0.25) is 4.79 Å². The van der Waals surface area contributed by atoms with Crippen LogP contribution in [0.2, 0.25) is 0 Å². The van der Waals surface area contributed by atoms with Crippen molar-refractivity contribution in [3.8, 4) is 0 Å². The molecule has 1 fully saturated rings. The fourth-order valence-electron chi connectivity index (χ4n) is 2.02. The summed E-state index contributed by atoms with van der Waals surface area (Å²) in [5, 5.41) is 3.01. The summed E-state index contributed by atoms with van der Waals surface area (Å²) in [5.74, 6) is 1.06. The van der Waals surface area contributed by atoms with Crippen LogP contribution in [0.4, 0.5) is 0 Å². The predicted molar refractivity (Wildman–Crippen MR) is 70.2 cm³/mol. The lowest BCUT2D eigenvalue weighted by atomic mass is 9.95. The zero-order valence-corrected chi connectivity index (χ0v) is 10.8. The monoisotopic (exact) mass is 251 g/mol. The maximum Gasteiger partial charge on any atom is 0.230 e. The van der Waals surface area contributed by atoms with Crippen LogP contribution in [-0.2, 0) is 10.2 Å². The number of halogens is 1. The van der Waals surface area contributed by atoms with Gasteiger partial charge in [0, 0.05) is 12.4 Å². The molecule has 1 saturated carbocycles. The molecule has 0 aliphatic heterocycles. The SMILES string of the molecule is CC(CCl)CNC(=O)C1(c2ccccc2)CC1. The average molecular weight is 252 g/mol. The van der Waals surface area contributed by atoms with Crippen molar-refractivity contribution in [1.82, 2.24) is 5.32 Å². The van der Waals surface area contributed by atoms with E-state index in [0.717, 1.165) is 18.4 Å². The lowest BCUT2D eigenvalue weighted by Gasteiger charge is -2.17. The van der Waals surface area contributed by atoms with E-state index in [0.29, 0.717) is 18.3 Å². The van der Waals surface area contributed by atoms with Crippen LogP contribution >= 0.6 is 11.6 Å². The van der Waals surface area contributed by atoms with Crippen LogP contribution in [0.25, 0.3) is 0 Å². The molecule has 0 radical (unpaired) electrons. The summed E-state index contributed by atoms with van der Waals surface area (Å²) >= 11 is 5.73. The van der Waals surface area contributed by atoms with Gasteiger partial charge in [-0.15, -0.1) is 11.6 Å². The van der Waals surface area contributed by atoms with Crippen LogP contribution < -0.4 is 5.32 Å². The van der Waals surface area contributed by atoms with Crippen LogP contribution in [0.3, 0.4) is 0 Å². The number of hydrogen-bond acceptors (Lipinski definition) is 1. The van der Waals surface area contributed by atoms with Gasteiger partial charge in [0.05, 0.1) is 5.41 Å². The number of rotatable bonds is 5. The lowest BCUT2D eigenvalue weighted by Crippen LogP contribution is -2.37. The first-order chi connectivity index (χ1) is 8.19. The molecule has 1 aliphatic carbocycles. The van der Waals surface area contributed by atoms with E-state index in [1.807, 2.05) is 37.3 Å². The quantitative estimate of drug-likeness (QED) is 0.801. The third kappa shape index (κ3) is 2.63. The number of alkyl halides is 1. The molecule has 1 atom stereocenters. The molecule has 0 aromatic heterocycles. The van der Waals surface area contributed by atoms with Crippen LogP contribution in [0.5, 0.6) is 0 Å². The Morgan fingerprint density at radius 3 is 2.59 bits per heavy atom. The molecule has 0 heterocycles. The van der Waals surface area contributed by atoms with Gasteiger partial charge in [0.25, 0.3) is 0 Å². The Labute approximate surface area is 107 Å². The molecule has 1 aromatic rings. The van der Waals surface area contributed by atoms with Crippen molar-refractivity contribution in [2.24, 2.45) is 5.92 Å². The van der Waals surface area contributed by atoms with Gasteiger partial charge in [-0.1, -0.05) is 37.3 Å². The van der Waals surface area contributed by atoms with E-state index in [-0.39, 0.29) is 11.3 Å². The molecule has 0 saturated heterocycles. The van der Waals surface area contributed by atoms with Gasteiger partial charge in [0.1, 0.15) is 0 Å². The Hall–Kier alpha value is -1.02. The van der Waals surface area contributed by atoms with Crippen molar-refractivity contribution in [2.75, 3.05) is 12.4 Å². The van der Waals surface area contributed by atoms with E-state index in [2.05, 4.69) is 5.32 Å². The fraction of sp³-hybridized carbons (Fsp3) is 0.500. The molecule has 1 amide bonds. The summed E-state index contributed by atoms with van der Waals surface area (Å²) < 4.78 is 0. The van der Waals surface area contributed by atoms with Crippen LogP contribution in [0.1, 0.15) is 25.3 Å². The van der Waals surface area contributed by atoms with E-state index < -0.39 is 0 Å². The summed E-state index contributed by atoms with van der Waals surface area (Å²) in [6.45, 7) is 2.70. The first-order valence-electron chi connectivity index (χ1n) is 6.09. The highest BCUT2D eigenvalue weighted by Gasteiger charge is 2.50. The third-order valence-corrected chi connectivity index (χ3v) is 3.91. The third-order valence-electron chi connectivity index (χ3n) is 3.39. The van der Waals surface area contributed by atoms with Crippen molar-refractivity contribution < 1.29 is 4.79 Å². The van der Waals surface area contributed by atoms with Crippen molar-refractivity contribution in [3.05, 3.63) is 35.9 Å². The molecule has 1 unspecified atom stereocenters. The number of benzene rings is 1. The van der Waals surface area contributed by atoms with Gasteiger partial charge < -0.3 is 5.32 Å². The molecule has 0 spiro atoms. The highest BCUT2D eigenvalue weighted by Crippen LogP contribution is 2.48. The highest BCUT2D eigenvalue weighted by molar-refractivity contribution is 6.18. The first kappa shape index (κ1) is 12.4. The fourth-order valence-corrected chi connectivity index (χ4v) is 2.13. The van der Waals surface area contributed by atoms with Gasteiger partial charge in [0.15, 0.2) is 0 Å². The van der Waals surface area contributed by atoms with E-state index in [1.54, 1.807) is 0 Å². The van der Waals surface area contributed by atoms with Crippen LogP contribution in [0.15, 0.2) is 30.3 Å². The summed E-state index contributed by atoms with van der Waals surface area (Å²) in [6, 6.07) is 10.0. The Morgan fingerprint density at radius 1 is 1.41 bits per heavy atom. The van der Waals surface area contributed by atoms with Gasteiger partial charge in [-0.2, -0.15) is 0 Å². The molecular weight excluding hydrogens is 234 g/mol. The summed E-state index contributed by atoms with van der Waals surface area (Å²) in [6.07, 6.45) is 1.91. The van der Waals surface area contributed by atoms with Gasteiger partial charge in [-0.05, 0) is 24.3 Å². The maximum absolute atomic E-state index is 12.2. The summed E-state index contributed by atoms with van der Waals surface area (Å²) in [4.78, 5) is 12.2. The molecule has 92 valence electrons. The molecule has 1 N–H and O–H groups in total. The molecule has 3 heteroatoms. The first-order valence-corrected chi connectivity index (χ1v) is 6.62. The Kier molecular flexibility index (Phi) is 3.72. The van der Waals surface area contributed by atoms with Crippen molar-refractivity contribution in [3.63, 3.8) is 0 Å². The van der Waals surface area contributed by atoms with E-state index in [9.17, 15) is 4.79 Å². The molecule has 1 aliphatic rings. The number of amides is 1.